The first-order chi connectivity index (χ1) is 26.1. The number of morpholine rings is 1. The lowest BCUT2D eigenvalue weighted by Gasteiger charge is -2.46. The molecular weight excluding hydrogens is 726 g/mol. The molecule has 2 N–H and O–H groups in total. The number of halogens is 1. The van der Waals surface area contributed by atoms with E-state index < -0.39 is 21.9 Å². The van der Waals surface area contributed by atoms with E-state index in [0.717, 1.165) is 95.2 Å². The molecule has 8 atom stereocenters. The Labute approximate surface area is 324 Å². The number of carbonyl (C=O) groups excluding carboxylic acids is 2. The summed E-state index contributed by atoms with van der Waals surface area (Å²) < 4.78 is 39.8. The minimum atomic E-state index is -3.49. The Morgan fingerprint density at radius 2 is 2.02 bits per heavy atom. The van der Waals surface area contributed by atoms with Gasteiger partial charge >= 0.3 is 6.03 Å². The van der Waals surface area contributed by atoms with Crippen molar-refractivity contribution in [1.82, 2.24) is 14.9 Å². The predicted molar refractivity (Wildman–Crippen MR) is 211 cm³/mol. The van der Waals surface area contributed by atoms with E-state index in [1.807, 2.05) is 25.1 Å². The number of hydrogen-bond donors (Lipinski definition) is 2. The largest absolute Gasteiger partial charge is 0.490 e. The normalized spacial score (nSPS) is 34.6. The first-order valence-electron chi connectivity index (χ1n) is 19.8. The molecule has 0 aromatic heterocycles. The van der Waals surface area contributed by atoms with Crippen molar-refractivity contribution in [3.63, 3.8) is 0 Å². The molecule has 292 valence electrons. The molecule has 2 aromatic carbocycles. The van der Waals surface area contributed by atoms with E-state index in [1.165, 1.54) is 11.1 Å². The maximum absolute atomic E-state index is 14.6. The number of fused-ring (bicyclic) bond motifs is 4. The van der Waals surface area contributed by atoms with Crippen LogP contribution in [0.15, 0.2) is 52.9 Å². The number of urea groups is 1. The number of nitrogens with zero attached hydrogens (tertiary/aromatic N) is 3. The minimum absolute atomic E-state index is 0.00798. The highest BCUT2D eigenvalue weighted by atomic mass is 35.5. The standard InChI is InChI=1S/C41H54ClN5O6S/c1-27-5-3-7-37(51-2)33-11-8-30(33)23-47-25-41(14-4-6-28-19-32(42)10-12-34(28)41)26-53-38-13-9-29(21-36(38)47)39(48)44-54(50,24-27)45-40(49)43-35-20-31(35)22-46-15-17-52-18-16-46/h3,7,9-10,12-13,19,21,27,30-31,33,35,37H,4-6,8,11,14-18,20,22-26H2,1-2H3,(H2,43,44,45,48,49,50)/b7-3+/t27-,30-,31+,33+,35-,37-,41-,54-/m0/s1. The first kappa shape index (κ1) is 37.7. The zero-order chi connectivity index (χ0) is 37.5. The third-order valence-corrected chi connectivity index (χ3v) is 14.8. The van der Waals surface area contributed by atoms with Gasteiger partial charge in [-0.25, -0.2) is 9.00 Å². The van der Waals surface area contributed by atoms with Crippen molar-refractivity contribution in [3.05, 3.63) is 70.3 Å². The highest BCUT2D eigenvalue weighted by Crippen LogP contribution is 2.47. The predicted octanol–water partition coefficient (Wildman–Crippen LogP) is 5.99. The molecule has 6 aliphatic rings. The molecule has 54 heavy (non-hydrogen) atoms. The molecule has 8 rings (SSSR count). The zero-order valence-corrected chi connectivity index (χ0v) is 33.0. The monoisotopic (exact) mass is 779 g/mol. The van der Waals surface area contributed by atoms with Gasteiger partial charge in [-0.05, 0) is 110 Å². The molecule has 3 amide bonds. The average molecular weight is 780 g/mol. The van der Waals surface area contributed by atoms with Crippen LogP contribution in [0.3, 0.4) is 0 Å². The summed E-state index contributed by atoms with van der Waals surface area (Å²) in [5.41, 5.74) is 3.45. The Bertz CT molecular complexity index is 1890. The number of ether oxygens (including phenoxy) is 3. The second-order valence-corrected chi connectivity index (χ2v) is 19.0. The summed E-state index contributed by atoms with van der Waals surface area (Å²) in [4.78, 5) is 32.2. The van der Waals surface area contributed by atoms with Crippen LogP contribution in [0.5, 0.6) is 5.75 Å². The van der Waals surface area contributed by atoms with Crippen LogP contribution in [0, 0.1) is 23.7 Å². The number of rotatable bonds is 5. The average Bonchev–Trinajstić information content (AvgIpc) is 3.89. The van der Waals surface area contributed by atoms with Gasteiger partial charge in [-0.2, -0.15) is 0 Å². The molecule has 1 saturated heterocycles. The van der Waals surface area contributed by atoms with E-state index in [-0.39, 0.29) is 29.2 Å². The van der Waals surface area contributed by atoms with E-state index in [1.54, 1.807) is 13.2 Å². The Balaban J connectivity index is 1.10. The van der Waals surface area contributed by atoms with E-state index in [2.05, 4.69) is 48.5 Å². The highest BCUT2D eigenvalue weighted by molar-refractivity contribution is 7.92. The van der Waals surface area contributed by atoms with Gasteiger partial charge in [0.2, 0.25) is 0 Å². The third kappa shape index (κ3) is 8.19. The summed E-state index contributed by atoms with van der Waals surface area (Å²) >= 11 is 6.47. The number of amides is 3. The molecule has 3 heterocycles. The molecule has 1 spiro atoms. The Hall–Kier alpha value is -3.16. The molecule has 3 aliphatic carbocycles. The van der Waals surface area contributed by atoms with Gasteiger partial charge in [-0.3, -0.25) is 14.4 Å². The van der Waals surface area contributed by atoms with Gasteiger partial charge in [0.1, 0.15) is 15.7 Å². The van der Waals surface area contributed by atoms with Crippen LogP contribution < -0.4 is 19.7 Å². The number of hydrogen-bond acceptors (Lipinski definition) is 8. The lowest BCUT2D eigenvalue weighted by molar-refractivity contribution is 0.0131. The van der Waals surface area contributed by atoms with Gasteiger partial charge in [-0.15, -0.1) is 4.36 Å². The van der Waals surface area contributed by atoms with E-state index in [4.69, 9.17) is 25.8 Å². The van der Waals surface area contributed by atoms with Crippen molar-refractivity contribution in [2.45, 2.75) is 69.4 Å². The molecule has 0 unspecified atom stereocenters. The molecule has 3 fully saturated rings. The quantitative estimate of drug-likeness (QED) is 0.355. The number of carbonyl (C=O) groups is 2. The molecule has 2 bridgehead atoms. The smallest absolute Gasteiger partial charge is 0.327 e. The van der Waals surface area contributed by atoms with E-state index >= 15 is 0 Å². The van der Waals surface area contributed by atoms with Crippen LogP contribution in [-0.2, 0) is 31.2 Å². The SMILES string of the molecule is CO[C@H]1/C=C/C[C@H](C)C[S@@](=O)(NC(=O)N[C@H]2C[C@@H]2CN2CCOCC2)=NC(=O)c2ccc3c(c2)N(C[C@@H]2CC[C@H]21)C[C@@]1(CCCc2cc(Cl)ccc21)CO3. The number of allylic oxidation sites excluding steroid dienone is 1. The second kappa shape index (κ2) is 15.8. The van der Waals surface area contributed by atoms with Crippen molar-refractivity contribution >= 4 is 39.1 Å². The van der Waals surface area contributed by atoms with E-state index in [0.29, 0.717) is 42.1 Å². The van der Waals surface area contributed by atoms with Gasteiger partial charge in [-0.1, -0.05) is 36.7 Å². The Morgan fingerprint density at radius 1 is 1.17 bits per heavy atom. The van der Waals surface area contributed by atoms with Gasteiger partial charge in [0.05, 0.1) is 37.4 Å². The summed E-state index contributed by atoms with van der Waals surface area (Å²) in [6.45, 7) is 8.12. The molecule has 13 heteroatoms. The molecule has 2 aromatic rings. The summed E-state index contributed by atoms with van der Waals surface area (Å²) in [5, 5.41) is 3.75. The van der Waals surface area contributed by atoms with Gasteiger partial charge < -0.3 is 24.4 Å². The van der Waals surface area contributed by atoms with Crippen LogP contribution in [0.2, 0.25) is 5.02 Å². The third-order valence-electron chi connectivity index (χ3n) is 12.6. The van der Waals surface area contributed by atoms with Crippen molar-refractivity contribution in [2.75, 3.05) is 70.3 Å². The fraction of sp³-hybridized carbons (Fsp3) is 0.610. The molecule has 2 saturated carbocycles. The zero-order valence-electron chi connectivity index (χ0n) is 31.5. The van der Waals surface area contributed by atoms with Crippen molar-refractivity contribution < 1.29 is 28.0 Å². The highest BCUT2D eigenvalue weighted by Gasteiger charge is 2.45. The summed E-state index contributed by atoms with van der Waals surface area (Å²) in [5.74, 6) is 1.09. The van der Waals surface area contributed by atoms with E-state index in [9.17, 15) is 13.8 Å². The molecule has 0 radical (unpaired) electrons. The topological polar surface area (TPSA) is 122 Å². The van der Waals surface area contributed by atoms with Crippen molar-refractivity contribution in [1.29, 1.82) is 0 Å². The molecule has 11 nitrogen and oxygen atoms in total. The number of methoxy groups -OCH3 is 1. The summed E-state index contributed by atoms with van der Waals surface area (Å²) in [6.07, 6.45) is 10.8. The molecular formula is C41H54ClN5O6S. The number of benzene rings is 2. The van der Waals surface area contributed by atoms with Crippen LogP contribution >= 0.6 is 11.6 Å². The minimum Gasteiger partial charge on any atom is -0.490 e. The van der Waals surface area contributed by atoms with Gasteiger partial charge in [0.15, 0.2) is 0 Å². The maximum atomic E-state index is 14.6. The fourth-order valence-corrected chi connectivity index (χ4v) is 11.5. The number of aryl methyl sites for hydroxylation is 1. The first-order valence-corrected chi connectivity index (χ1v) is 21.8. The fourth-order valence-electron chi connectivity index (χ4n) is 9.45. The second-order valence-electron chi connectivity index (χ2n) is 16.6. The Morgan fingerprint density at radius 3 is 2.81 bits per heavy atom. The number of nitrogens with one attached hydrogen (secondary N) is 2. The van der Waals surface area contributed by atoms with Gasteiger partial charge in [0, 0.05) is 61.9 Å². The van der Waals surface area contributed by atoms with Crippen LogP contribution in [0.4, 0.5) is 10.5 Å². The maximum Gasteiger partial charge on any atom is 0.327 e. The lowest BCUT2D eigenvalue weighted by atomic mass is 9.68. The van der Waals surface area contributed by atoms with Crippen LogP contribution in [0.25, 0.3) is 0 Å². The number of anilines is 1. The molecule has 3 aliphatic heterocycles. The Kier molecular flexibility index (Phi) is 11.0. The van der Waals surface area contributed by atoms with Crippen LogP contribution in [-0.4, -0.2) is 98.6 Å². The van der Waals surface area contributed by atoms with Crippen LogP contribution in [0.1, 0.15) is 66.9 Å². The van der Waals surface area contributed by atoms with Gasteiger partial charge in [0.25, 0.3) is 5.91 Å². The van der Waals surface area contributed by atoms with Crippen molar-refractivity contribution in [3.8, 4) is 5.75 Å². The van der Waals surface area contributed by atoms with Crippen molar-refractivity contribution in [2.24, 2.45) is 28.0 Å². The summed E-state index contributed by atoms with van der Waals surface area (Å²) in [7, 11) is -1.71. The lowest BCUT2D eigenvalue weighted by Crippen LogP contribution is -2.49. The summed E-state index contributed by atoms with van der Waals surface area (Å²) in [6, 6.07) is 11.1.